The lowest BCUT2D eigenvalue weighted by Crippen LogP contribution is -2.17. The second-order valence-electron chi connectivity index (χ2n) is 9.62. The Morgan fingerprint density at radius 3 is 2.13 bits per heavy atom. The molecule has 160 valence electrons. The molecule has 30 heavy (non-hydrogen) atoms. The zero-order valence-electron chi connectivity index (χ0n) is 18.6. The van der Waals surface area contributed by atoms with Gasteiger partial charge in [-0.15, -0.1) is 21.5 Å². The summed E-state index contributed by atoms with van der Waals surface area (Å²) in [5.74, 6) is -0.444. The summed E-state index contributed by atoms with van der Waals surface area (Å²) in [5.41, 5.74) is 2.06. The van der Waals surface area contributed by atoms with Gasteiger partial charge in [0.05, 0.1) is 9.95 Å². The van der Waals surface area contributed by atoms with Crippen LogP contribution in [0.1, 0.15) is 81.1 Å². The fourth-order valence-electron chi connectivity index (χ4n) is 3.37. The van der Waals surface area contributed by atoms with Gasteiger partial charge in [-0.05, 0) is 41.0 Å². The van der Waals surface area contributed by atoms with Crippen molar-refractivity contribution in [2.75, 3.05) is 0 Å². The van der Waals surface area contributed by atoms with Crippen LogP contribution in [0.5, 0.6) is 5.75 Å². The molecule has 0 aliphatic carbocycles. The number of allylic oxidation sites excluding steroid dienone is 1. The van der Waals surface area contributed by atoms with Crippen molar-refractivity contribution in [3.8, 4) is 5.75 Å². The van der Waals surface area contributed by atoms with Crippen LogP contribution >= 0.6 is 23.1 Å². The summed E-state index contributed by atoms with van der Waals surface area (Å²) in [6, 6.07) is 3.89. The Labute approximate surface area is 186 Å². The molecule has 0 spiro atoms. The van der Waals surface area contributed by atoms with Crippen LogP contribution in [-0.4, -0.2) is 26.1 Å². The number of hydrogen-bond donors (Lipinski definition) is 2. The minimum Gasteiger partial charge on any atom is -0.507 e. The van der Waals surface area contributed by atoms with Gasteiger partial charge in [0.15, 0.2) is 5.78 Å². The van der Waals surface area contributed by atoms with Gasteiger partial charge in [-0.25, -0.2) is 0 Å². The van der Waals surface area contributed by atoms with Crippen LogP contribution in [0.2, 0.25) is 0 Å². The number of thioether (sulfide) groups is 1. The van der Waals surface area contributed by atoms with E-state index in [4.69, 9.17) is 5.41 Å². The lowest BCUT2D eigenvalue weighted by molar-refractivity contribution is -0.114. The average molecular weight is 444 g/mol. The van der Waals surface area contributed by atoms with Crippen molar-refractivity contribution >= 4 is 40.0 Å². The highest BCUT2D eigenvalue weighted by atomic mass is 32.2. The van der Waals surface area contributed by atoms with E-state index in [9.17, 15) is 9.90 Å². The van der Waals surface area contributed by atoms with Crippen molar-refractivity contribution in [3.05, 3.63) is 43.7 Å². The van der Waals surface area contributed by atoms with E-state index < -0.39 is 5.92 Å². The van der Waals surface area contributed by atoms with Gasteiger partial charge in [0.25, 0.3) is 0 Å². The zero-order valence-corrected chi connectivity index (χ0v) is 20.2. The van der Waals surface area contributed by atoms with E-state index in [1.165, 1.54) is 23.1 Å². The Balaban J connectivity index is 2.06. The SMILES string of the molecule is CCc1nnc(C2C(=N)SC(=Cc3cc(C(C)(C)C)c(O)c(C(C)(C)C)c3)C2=O)s1. The molecule has 7 heteroatoms. The van der Waals surface area contributed by atoms with Gasteiger partial charge in [0.2, 0.25) is 0 Å². The molecule has 1 aliphatic rings. The Morgan fingerprint density at radius 2 is 1.67 bits per heavy atom. The molecular weight excluding hydrogens is 414 g/mol. The van der Waals surface area contributed by atoms with Gasteiger partial charge < -0.3 is 5.11 Å². The second kappa shape index (κ2) is 7.93. The Kier molecular flexibility index (Phi) is 6.00. The summed E-state index contributed by atoms with van der Waals surface area (Å²) in [6.07, 6.45) is 2.60. The summed E-state index contributed by atoms with van der Waals surface area (Å²) in [5, 5.41) is 29.3. The number of carbonyl (C=O) groups is 1. The average Bonchev–Trinajstić information content (AvgIpc) is 3.18. The molecule has 1 fully saturated rings. The molecular formula is C23H29N3O2S2. The van der Waals surface area contributed by atoms with E-state index in [1.807, 2.05) is 25.1 Å². The number of rotatable bonds is 3. The number of benzene rings is 1. The molecule has 2 N–H and O–H groups in total. The second-order valence-corrected chi connectivity index (χ2v) is 11.8. The Bertz CT molecular complexity index is 1000. The summed E-state index contributed by atoms with van der Waals surface area (Å²) in [4.78, 5) is 13.6. The number of aromatic hydroxyl groups is 1. The highest BCUT2D eigenvalue weighted by Gasteiger charge is 2.39. The standard InChI is InChI=1S/C23H29N3O2S2/c1-8-16-25-26-21(30-16)17-19(28)15(29-20(17)24)11-12-9-13(22(2,3)4)18(27)14(10-12)23(5,6)7/h9-11,17,24,27H,8H2,1-7H3. The van der Waals surface area contributed by atoms with E-state index in [-0.39, 0.29) is 21.7 Å². The van der Waals surface area contributed by atoms with Crippen molar-refractivity contribution in [2.45, 2.75) is 71.6 Å². The number of aromatic nitrogens is 2. The fourth-order valence-corrected chi connectivity index (χ4v) is 5.33. The summed E-state index contributed by atoms with van der Waals surface area (Å²) >= 11 is 2.59. The summed E-state index contributed by atoms with van der Waals surface area (Å²) in [6.45, 7) is 14.4. The maximum atomic E-state index is 13.1. The van der Waals surface area contributed by atoms with Crippen LogP contribution < -0.4 is 0 Å². The molecule has 0 bridgehead atoms. The fraction of sp³-hybridized carbons (Fsp3) is 0.478. The number of aryl methyl sites for hydroxylation is 1. The number of nitrogens with zero attached hydrogens (tertiary/aromatic N) is 2. The number of carbonyl (C=O) groups excluding carboxylic acids is 1. The molecule has 1 atom stereocenters. The third-order valence-electron chi connectivity index (χ3n) is 5.07. The molecule has 3 rings (SSSR count). The van der Waals surface area contributed by atoms with Gasteiger partial charge >= 0.3 is 0 Å². The van der Waals surface area contributed by atoms with Gasteiger partial charge in [-0.3, -0.25) is 10.2 Å². The zero-order chi connectivity index (χ0) is 22.4. The lowest BCUT2D eigenvalue weighted by atomic mass is 9.78. The molecule has 1 saturated heterocycles. The third kappa shape index (κ3) is 4.37. The van der Waals surface area contributed by atoms with Gasteiger partial charge in [0.1, 0.15) is 21.7 Å². The first-order valence-electron chi connectivity index (χ1n) is 10.1. The van der Waals surface area contributed by atoms with Crippen LogP contribution in [0, 0.1) is 5.41 Å². The smallest absolute Gasteiger partial charge is 0.186 e. The predicted molar refractivity (Wildman–Crippen MR) is 126 cm³/mol. The van der Waals surface area contributed by atoms with Crippen molar-refractivity contribution in [1.29, 1.82) is 5.41 Å². The normalized spacial score (nSPS) is 19.2. The summed E-state index contributed by atoms with van der Waals surface area (Å²) < 4.78 is 0. The molecule has 0 saturated carbocycles. The molecule has 2 aromatic rings. The number of Topliss-reactive ketones (excluding diaryl/α,β-unsaturated/α-hetero) is 1. The van der Waals surface area contributed by atoms with Crippen LogP contribution in [0.25, 0.3) is 6.08 Å². The van der Waals surface area contributed by atoms with Crippen molar-refractivity contribution in [3.63, 3.8) is 0 Å². The first-order valence-corrected chi connectivity index (χ1v) is 11.7. The predicted octanol–water partition coefficient (Wildman–Crippen LogP) is 5.82. The van der Waals surface area contributed by atoms with Crippen molar-refractivity contribution < 1.29 is 9.90 Å². The topological polar surface area (TPSA) is 86.9 Å². The van der Waals surface area contributed by atoms with E-state index >= 15 is 0 Å². The minimum atomic E-state index is -0.652. The maximum absolute atomic E-state index is 13.1. The first kappa shape index (κ1) is 22.7. The number of phenols is 1. The molecule has 1 aliphatic heterocycles. The van der Waals surface area contributed by atoms with E-state index in [0.717, 1.165) is 28.1 Å². The minimum absolute atomic E-state index is 0.105. The van der Waals surface area contributed by atoms with Gasteiger partial charge in [-0.1, -0.05) is 60.2 Å². The molecule has 5 nitrogen and oxygen atoms in total. The lowest BCUT2D eigenvalue weighted by Gasteiger charge is -2.28. The van der Waals surface area contributed by atoms with Crippen LogP contribution in [0.15, 0.2) is 17.0 Å². The van der Waals surface area contributed by atoms with E-state index in [2.05, 4.69) is 51.7 Å². The van der Waals surface area contributed by atoms with Crippen LogP contribution in [0.4, 0.5) is 0 Å². The Hall–Kier alpha value is -1.99. The molecule has 0 radical (unpaired) electrons. The highest BCUT2D eigenvalue weighted by molar-refractivity contribution is 8.19. The molecule has 0 amide bonds. The van der Waals surface area contributed by atoms with Crippen molar-refractivity contribution in [1.82, 2.24) is 10.2 Å². The molecule has 1 unspecified atom stereocenters. The largest absolute Gasteiger partial charge is 0.507 e. The molecule has 1 aromatic carbocycles. The maximum Gasteiger partial charge on any atom is 0.186 e. The quantitative estimate of drug-likeness (QED) is 0.584. The molecule has 1 aromatic heterocycles. The number of phenolic OH excluding ortho intramolecular Hbond substituents is 1. The highest BCUT2D eigenvalue weighted by Crippen LogP contribution is 2.44. The Morgan fingerprint density at radius 1 is 1.10 bits per heavy atom. The number of hydrogen-bond acceptors (Lipinski definition) is 7. The van der Waals surface area contributed by atoms with Crippen LogP contribution in [0.3, 0.4) is 0 Å². The third-order valence-corrected chi connectivity index (χ3v) is 7.19. The number of nitrogens with one attached hydrogen (secondary N) is 1. The van der Waals surface area contributed by atoms with Gasteiger partial charge in [0, 0.05) is 11.1 Å². The number of ketones is 1. The van der Waals surface area contributed by atoms with Crippen LogP contribution in [-0.2, 0) is 22.0 Å². The van der Waals surface area contributed by atoms with E-state index in [1.54, 1.807) is 0 Å². The molecule has 2 heterocycles. The first-order chi connectivity index (χ1) is 13.8. The van der Waals surface area contributed by atoms with Gasteiger partial charge in [-0.2, -0.15) is 0 Å². The monoisotopic (exact) mass is 443 g/mol. The van der Waals surface area contributed by atoms with Crippen molar-refractivity contribution in [2.24, 2.45) is 0 Å². The summed E-state index contributed by atoms with van der Waals surface area (Å²) in [7, 11) is 0. The van der Waals surface area contributed by atoms with E-state index in [0.29, 0.717) is 15.7 Å².